The lowest BCUT2D eigenvalue weighted by Crippen LogP contribution is -2.29. The standard InChI is InChI=1S/C22H24FN5/c1-16-24-21(26-18-7-5-17(23)6-8-18)15-22(25-16)27-19-9-11-20(12-10-19)28-13-3-2-4-14-28/h5-12,15H,2-4,13-14H2,1H3,(H2,24,25,26,27). The molecular weight excluding hydrogens is 353 g/mol. The topological polar surface area (TPSA) is 53.1 Å². The summed E-state index contributed by atoms with van der Waals surface area (Å²) < 4.78 is 13.1. The Hall–Kier alpha value is -3.15. The SMILES string of the molecule is Cc1nc(Nc2ccc(F)cc2)cc(Nc2ccc(N3CCCCC3)cc2)n1. The number of hydrogen-bond donors (Lipinski definition) is 2. The van der Waals surface area contributed by atoms with Crippen LogP contribution < -0.4 is 15.5 Å². The summed E-state index contributed by atoms with van der Waals surface area (Å²) in [4.78, 5) is 11.3. The van der Waals surface area contributed by atoms with Crippen LogP contribution in [0.1, 0.15) is 25.1 Å². The van der Waals surface area contributed by atoms with Crippen LogP contribution in [0.3, 0.4) is 0 Å². The Labute approximate surface area is 164 Å². The molecule has 1 aromatic heterocycles. The Bertz CT molecular complexity index is 919. The van der Waals surface area contributed by atoms with Gasteiger partial charge in [0.05, 0.1) is 0 Å². The Balaban J connectivity index is 1.46. The van der Waals surface area contributed by atoms with Crippen molar-refractivity contribution in [1.82, 2.24) is 9.97 Å². The molecule has 1 aliphatic heterocycles. The average Bonchev–Trinajstić information content (AvgIpc) is 2.71. The molecule has 0 amide bonds. The molecule has 0 atom stereocenters. The minimum absolute atomic E-state index is 0.264. The summed E-state index contributed by atoms with van der Waals surface area (Å²) >= 11 is 0. The molecule has 0 unspecified atom stereocenters. The van der Waals surface area contributed by atoms with E-state index in [-0.39, 0.29) is 5.82 Å². The molecule has 3 aromatic rings. The molecule has 0 saturated carbocycles. The highest BCUT2D eigenvalue weighted by molar-refractivity contribution is 5.65. The fraction of sp³-hybridized carbons (Fsp3) is 0.273. The third kappa shape index (κ3) is 4.57. The number of anilines is 5. The summed E-state index contributed by atoms with van der Waals surface area (Å²) in [5, 5.41) is 6.53. The van der Waals surface area contributed by atoms with Gasteiger partial charge in [0.25, 0.3) is 0 Å². The summed E-state index contributed by atoms with van der Waals surface area (Å²) in [5.74, 6) is 1.76. The summed E-state index contributed by atoms with van der Waals surface area (Å²) in [5.41, 5.74) is 3.02. The fourth-order valence-corrected chi connectivity index (χ4v) is 3.43. The zero-order chi connectivity index (χ0) is 19.3. The normalized spacial score (nSPS) is 14.0. The maximum absolute atomic E-state index is 13.1. The van der Waals surface area contributed by atoms with E-state index in [2.05, 4.69) is 49.8 Å². The predicted octanol–water partition coefficient (Wildman–Crippen LogP) is 5.40. The zero-order valence-corrected chi connectivity index (χ0v) is 16.0. The van der Waals surface area contributed by atoms with Crippen LogP contribution in [0.4, 0.5) is 33.1 Å². The number of aryl methyl sites for hydroxylation is 1. The van der Waals surface area contributed by atoms with Crippen molar-refractivity contribution < 1.29 is 4.39 Å². The maximum Gasteiger partial charge on any atom is 0.136 e. The number of nitrogens with one attached hydrogen (secondary N) is 2. The molecule has 5 nitrogen and oxygen atoms in total. The van der Waals surface area contributed by atoms with Gasteiger partial charge in [-0.3, -0.25) is 0 Å². The second-order valence-corrected chi connectivity index (χ2v) is 7.04. The van der Waals surface area contributed by atoms with Gasteiger partial charge in [-0.25, -0.2) is 14.4 Å². The molecule has 0 radical (unpaired) electrons. The first-order chi connectivity index (χ1) is 13.7. The second-order valence-electron chi connectivity index (χ2n) is 7.04. The highest BCUT2D eigenvalue weighted by atomic mass is 19.1. The first-order valence-corrected chi connectivity index (χ1v) is 9.66. The number of piperidine rings is 1. The zero-order valence-electron chi connectivity index (χ0n) is 16.0. The van der Waals surface area contributed by atoms with Crippen molar-refractivity contribution in [2.45, 2.75) is 26.2 Å². The van der Waals surface area contributed by atoms with Crippen LogP contribution in [0.5, 0.6) is 0 Å². The van der Waals surface area contributed by atoms with Gasteiger partial charge in [-0.05, 0) is 74.7 Å². The van der Waals surface area contributed by atoms with Gasteiger partial charge in [-0.2, -0.15) is 0 Å². The van der Waals surface area contributed by atoms with Crippen molar-refractivity contribution in [3.05, 3.63) is 66.2 Å². The van der Waals surface area contributed by atoms with Gasteiger partial charge in [0.2, 0.25) is 0 Å². The van der Waals surface area contributed by atoms with Crippen LogP contribution in [0.15, 0.2) is 54.6 Å². The van der Waals surface area contributed by atoms with Gasteiger partial charge in [-0.1, -0.05) is 0 Å². The third-order valence-electron chi connectivity index (χ3n) is 4.82. The van der Waals surface area contributed by atoms with E-state index in [0.717, 1.165) is 24.5 Å². The van der Waals surface area contributed by atoms with Gasteiger partial charge in [0, 0.05) is 36.2 Å². The quantitative estimate of drug-likeness (QED) is 0.623. The smallest absolute Gasteiger partial charge is 0.136 e. The maximum atomic E-state index is 13.1. The molecule has 28 heavy (non-hydrogen) atoms. The highest BCUT2D eigenvalue weighted by Crippen LogP contribution is 2.24. The second kappa shape index (κ2) is 8.25. The molecular formula is C22H24FN5. The number of rotatable bonds is 5. The lowest BCUT2D eigenvalue weighted by Gasteiger charge is -2.28. The molecule has 1 fully saturated rings. The van der Waals surface area contributed by atoms with Crippen LogP contribution in [-0.2, 0) is 0 Å². The van der Waals surface area contributed by atoms with Gasteiger partial charge >= 0.3 is 0 Å². The first-order valence-electron chi connectivity index (χ1n) is 9.66. The summed E-state index contributed by atoms with van der Waals surface area (Å²) in [7, 11) is 0. The highest BCUT2D eigenvalue weighted by Gasteiger charge is 2.10. The van der Waals surface area contributed by atoms with Gasteiger partial charge in [0.15, 0.2) is 0 Å². The van der Waals surface area contributed by atoms with Crippen LogP contribution in [0.2, 0.25) is 0 Å². The van der Waals surface area contributed by atoms with Crippen LogP contribution in [-0.4, -0.2) is 23.1 Å². The lowest BCUT2D eigenvalue weighted by atomic mass is 10.1. The number of nitrogens with zero attached hydrogens (tertiary/aromatic N) is 3. The molecule has 1 aliphatic rings. The summed E-state index contributed by atoms with van der Waals surface area (Å²) in [6.45, 7) is 4.12. The van der Waals surface area contributed by atoms with Gasteiger partial charge in [0.1, 0.15) is 23.3 Å². The summed E-state index contributed by atoms with van der Waals surface area (Å²) in [6, 6.07) is 16.5. The van der Waals surface area contributed by atoms with Crippen LogP contribution in [0, 0.1) is 12.7 Å². The van der Waals surface area contributed by atoms with E-state index < -0.39 is 0 Å². The molecule has 0 aliphatic carbocycles. The Kier molecular flexibility index (Phi) is 5.37. The molecule has 0 spiro atoms. The lowest BCUT2D eigenvalue weighted by molar-refractivity contribution is 0.578. The van der Waals surface area contributed by atoms with Crippen molar-refractivity contribution in [2.24, 2.45) is 0 Å². The van der Waals surface area contributed by atoms with E-state index in [0.29, 0.717) is 17.5 Å². The number of aromatic nitrogens is 2. The van der Waals surface area contributed by atoms with Crippen LogP contribution >= 0.6 is 0 Å². The molecule has 144 valence electrons. The number of hydrogen-bond acceptors (Lipinski definition) is 5. The Morgan fingerprint density at radius 2 is 1.32 bits per heavy atom. The third-order valence-corrected chi connectivity index (χ3v) is 4.82. The Morgan fingerprint density at radius 1 is 0.786 bits per heavy atom. The predicted molar refractivity (Wildman–Crippen MR) is 112 cm³/mol. The molecule has 2 heterocycles. The van der Waals surface area contributed by atoms with E-state index in [1.165, 1.54) is 37.1 Å². The van der Waals surface area contributed by atoms with Gasteiger partial charge in [-0.15, -0.1) is 0 Å². The minimum atomic E-state index is -0.264. The minimum Gasteiger partial charge on any atom is -0.372 e. The molecule has 0 bridgehead atoms. The van der Waals surface area contributed by atoms with Crippen molar-refractivity contribution in [3.8, 4) is 0 Å². The van der Waals surface area contributed by atoms with Crippen LogP contribution in [0.25, 0.3) is 0 Å². The van der Waals surface area contributed by atoms with E-state index in [1.54, 1.807) is 12.1 Å². The molecule has 1 saturated heterocycles. The number of benzene rings is 2. The molecule has 2 aromatic carbocycles. The summed E-state index contributed by atoms with van der Waals surface area (Å²) in [6.07, 6.45) is 3.87. The number of halogens is 1. The van der Waals surface area contributed by atoms with Crippen molar-refractivity contribution in [3.63, 3.8) is 0 Å². The monoisotopic (exact) mass is 377 g/mol. The molecule has 2 N–H and O–H groups in total. The average molecular weight is 377 g/mol. The van der Waals surface area contributed by atoms with E-state index in [1.807, 2.05) is 13.0 Å². The van der Waals surface area contributed by atoms with Gasteiger partial charge < -0.3 is 15.5 Å². The van der Waals surface area contributed by atoms with E-state index in [9.17, 15) is 4.39 Å². The van der Waals surface area contributed by atoms with Crippen molar-refractivity contribution in [1.29, 1.82) is 0 Å². The van der Waals surface area contributed by atoms with Crippen molar-refractivity contribution >= 4 is 28.7 Å². The Morgan fingerprint density at radius 3 is 1.89 bits per heavy atom. The molecule has 4 rings (SSSR count). The molecule has 6 heteroatoms. The fourth-order valence-electron chi connectivity index (χ4n) is 3.43. The van der Waals surface area contributed by atoms with E-state index in [4.69, 9.17) is 0 Å². The largest absolute Gasteiger partial charge is 0.372 e. The van der Waals surface area contributed by atoms with E-state index >= 15 is 0 Å². The van der Waals surface area contributed by atoms with Crippen molar-refractivity contribution in [2.75, 3.05) is 28.6 Å². The first kappa shape index (κ1) is 18.2.